The van der Waals surface area contributed by atoms with Gasteiger partial charge in [0, 0.05) is 5.56 Å². The zero-order chi connectivity index (χ0) is 17.9. The van der Waals surface area contributed by atoms with E-state index < -0.39 is 0 Å². The summed E-state index contributed by atoms with van der Waals surface area (Å²) in [5, 5.41) is 15.4. The first kappa shape index (κ1) is 17.9. The largest absolute Gasteiger partial charge is 0.506 e. The number of hydrogen-bond donors (Lipinski definition) is 3. The van der Waals surface area contributed by atoms with E-state index in [1.54, 1.807) is 30.3 Å². The van der Waals surface area contributed by atoms with Gasteiger partial charge in [-0.05, 0) is 59.9 Å². The third kappa shape index (κ3) is 4.55. The van der Waals surface area contributed by atoms with E-state index in [4.69, 9.17) is 12.2 Å². The Labute approximate surface area is 147 Å². The molecule has 2 rings (SSSR count). The lowest BCUT2D eigenvalue weighted by Gasteiger charge is -2.19. The van der Waals surface area contributed by atoms with Crippen LogP contribution in [0.2, 0.25) is 0 Å². The van der Waals surface area contributed by atoms with Gasteiger partial charge in [-0.2, -0.15) is 0 Å². The summed E-state index contributed by atoms with van der Waals surface area (Å²) in [6.07, 6.45) is 0. The van der Waals surface area contributed by atoms with Gasteiger partial charge in [-0.15, -0.1) is 0 Å². The van der Waals surface area contributed by atoms with Gasteiger partial charge in [-0.25, -0.2) is 0 Å². The normalized spacial score (nSPS) is 11.0. The third-order valence-corrected chi connectivity index (χ3v) is 3.84. The number of aryl methyl sites for hydroxylation is 1. The van der Waals surface area contributed by atoms with Crippen molar-refractivity contribution in [3.8, 4) is 5.75 Å². The molecule has 1 amide bonds. The monoisotopic (exact) mass is 342 g/mol. The summed E-state index contributed by atoms with van der Waals surface area (Å²) in [4.78, 5) is 12.3. The maximum atomic E-state index is 12.3. The van der Waals surface area contributed by atoms with Gasteiger partial charge in [0.25, 0.3) is 5.91 Å². The number of nitrogens with one attached hydrogen (secondary N) is 2. The summed E-state index contributed by atoms with van der Waals surface area (Å²) >= 11 is 5.15. The minimum absolute atomic E-state index is 0.0363. The lowest BCUT2D eigenvalue weighted by molar-refractivity contribution is 0.0977. The second-order valence-electron chi connectivity index (χ2n) is 6.76. The number of carbonyl (C=O) groups excluding carboxylic acids is 1. The zero-order valence-corrected chi connectivity index (χ0v) is 15.1. The van der Waals surface area contributed by atoms with Crippen molar-refractivity contribution in [1.82, 2.24) is 5.32 Å². The van der Waals surface area contributed by atoms with Crippen molar-refractivity contribution in [2.45, 2.75) is 33.1 Å². The fraction of sp³-hybridized carbons (Fsp3) is 0.263. The highest BCUT2D eigenvalue weighted by atomic mass is 32.1. The minimum Gasteiger partial charge on any atom is -0.506 e. The summed E-state index contributed by atoms with van der Waals surface area (Å²) < 4.78 is 0. The number of aromatic hydroxyl groups is 1. The molecule has 0 unspecified atom stereocenters. The van der Waals surface area contributed by atoms with Gasteiger partial charge >= 0.3 is 0 Å². The second kappa shape index (κ2) is 7.01. The SMILES string of the molecule is Cc1ccc(O)c(NC(=S)NC(=O)c2ccc(C(C)(C)C)cc2)c1. The van der Waals surface area contributed by atoms with E-state index in [1.807, 2.05) is 19.1 Å². The average Bonchev–Trinajstić information content (AvgIpc) is 2.50. The molecular formula is C19H22N2O2S. The number of rotatable bonds is 2. The van der Waals surface area contributed by atoms with Gasteiger partial charge in [0.2, 0.25) is 0 Å². The van der Waals surface area contributed by atoms with Crippen molar-refractivity contribution >= 4 is 28.9 Å². The molecule has 0 saturated heterocycles. The van der Waals surface area contributed by atoms with Crippen molar-refractivity contribution in [2.24, 2.45) is 0 Å². The molecule has 0 aliphatic carbocycles. The Balaban J connectivity index is 2.04. The smallest absolute Gasteiger partial charge is 0.257 e. The van der Waals surface area contributed by atoms with Crippen LogP contribution < -0.4 is 10.6 Å². The molecule has 0 atom stereocenters. The summed E-state index contributed by atoms with van der Waals surface area (Å²) in [7, 11) is 0. The van der Waals surface area contributed by atoms with Crippen LogP contribution in [0.15, 0.2) is 42.5 Å². The van der Waals surface area contributed by atoms with Gasteiger partial charge in [0.05, 0.1) is 5.69 Å². The lowest BCUT2D eigenvalue weighted by Crippen LogP contribution is -2.34. The Morgan fingerprint density at radius 2 is 1.71 bits per heavy atom. The maximum Gasteiger partial charge on any atom is 0.257 e. The second-order valence-corrected chi connectivity index (χ2v) is 7.16. The molecule has 0 aromatic heterocycles. The van der Waals surface area contributed by atoms with E-state index in [0.29, 0.717) is 11.3 Å². The molecule has 0 aliphatic heterocycles. The number of thiocarbonyl (C=S) groups is 1. The topological polar surface area (TPSA) is 61.4 Å². The molecule has 2 aromatic rings. The Bertz CT molecular complexity index is 762. The molecule has 0 bridgehead atoms. The predicted octanol–water partition coefficient (Wildman–Crippen LogP) is 4.12. The minimum atomic E-state index is -0.292. The van der Waals surface area contributed by atoms with Crippen LogP contribution in [0.5, 0.6) is 5.75 Å². The van der Waals surface area contributed by atoms with Crippen LogP contribution in [0.3, 0.4) is 0 Å². The van der Waals surface area contributed by atoms with E-state index in [2.05, 4.69) is 31.4 Å². The molecule has 0 spiro atoms. The fourth-order valence-electron chi connectivity index (χ4n) is 2.20. The molecule has 24 heavy (non-hydrogen) atoms. The molecule has 0 radical (unpaired) electrons. The summed E-state index contributed by atoms with van der Waals surface area (Å²) in [5.41, 5.74) is 3.16. The number of amides is 1. The van der Waals surface area contributed by atoms with E-state index in [1.165, 1.54) is 0 Å². The van der Waals surface area contributed by atoms with Crippen molar-refractivity contribution in [3.63, 3.8) is 0 Å². The standard InChI is InChI=1S/C19H22N2O2S/c1-12-5-10-16(22)15(11-12)20-18(24)21-17(23)13-6-8-14(9-7-13)19(2,3)4/h5-11,22H,1-4H3,(H2,20,21,23,24). The highest BCUT2D eigenvalue weighted by molar-refractivity contribution is 7.80. The van der Waals surface area contributed by atoms with Gasteiger partial charge in [0.1, 0.15) is 5.75 Å². The summed E-state index contributed by atoms with van der Waals surface area (Å²) in [6.45, 7) is 8.27. The van der Waals surface area contributed by atoms with Crippen LogP contribution in [-0.2, 0) is 5.41 Å². The number of phenolic OH excluding ortho intramolecular Hbond substituents is 1. The van der Waals surface area contributed by atoms with E-state index in [9.17, 15) is 9.90 Å². The van der Waals surface area contributed by atoms with Crippen molar-refractivity contribution in [2.75, 3.05) is 5.32 Å². The van der Waals surface area contributed by atoms with Crippen LogP contribution in [0.4, 0.5) is 5.69 Å². The third-order valence-electron chi connectivity index (χ3n) is 3.64. The van der Waals surface area contributed by atoms with Crippen LogP contribution in [-0.4, -0.2) is 16.1 Å². The highest BCUT2D eigenvalue weighted by Gasteiger charge is 2.15. The van der Waals surface area contributed by atoms with Crippen LogP contribution in [0.25, 0.3) is 0 Å². The van der Waals surface area contributed by atoms with Gasteiger partial charge in [-0.3, -0.25) is 10.1 Å². The van der Waals surface area contributed by atoms with Crippen molar-refractivity contribution in [1.29, 1.82) is 0 Å². The fourth-order valence-corrected chi connectivity index (χ4v) is 2.40. The molecule has 4 nitrogen and oxygen atoms in total. The molecule has 5 heteroatoms. The first-order chi connectivity index (χ1) is 11.2. The predicted molar refractivity (Wildman–Crippen MR) is 102 cm³/mol. The first-order valence-corrected chi connectivity index (χ1v) is 8.10. The molecule has 0 aliphatic rings. The number of carbonyl (C=O) groups is 1. The Kier molecular flexibility index (Phi) is 5.24. The Hall–Kier alpha value is -2.40. The maximum absolute atomic E-state index is 12.3. The van der Waals surface area contributed by atoms with E-state index >= 15 is 0 Å². The first-order valence-electron chi connectivity index (χ1n) is 7.69. The molecule has 0 saturated carbocycles. The number of benzene rings is 2. The molecule has 0 heterocycles. The molecule has 3 N–H and O–H groups in total. The molecular weight excluding hydrogens is 320 g/mol. The average molecular weight is 342 g/mol. The van der Waals surface area contributed by atoms with Crippen molar-refractivity contribution in [3.05, 3.63) is 59.2 Å². The molecule has 126 valence electrons. The highest BCUT2D eigenvalue weighted by Crippen LogP contribution is 2.24. The zero-order valence-electron chi connectivity index (χ0n) is 14.3. The Morgan fingerprint density at radius 3 is 2.29 bits per heavy atom. The summed E-state index contributed by atoms with van der Waals surface area (Å²) in [5.74, 6) is -0.216. The molecule has 0 fully saturated rings. The quantitative estimate of drug-likeness (QED) is 0.567. The van der Waals surface area contributed by atoms with Crippen molar-refractivity contribution < 1.29 is 9.90 Å². The summed E-state index contributed by atoms with van der Waals surface area (Å²) in [6, 6.07) is 12.6. The van der Waals surface area contributed by atoms with E-state index in [-0.39, 0.29) is 22.2 Å². The van der Waals surface area contributed by atoms with E-state index in [0.717, 1.165) is 11.1 Å². The molecule has 2 aromatic carbocycles. The van der Waals surface area contributed by atoms with Crippen LogP contribution in [0.1, 0.15) is 42.3 Å². The number of anilines is 1. The van der Waals surface area contributed by atoms with Gasteiger partial charge in [0.15, 0.2) is 5.11 Å². The lowest BCUT2D eigenvalue weighted by atomic mass is 9.87. The van der Waals surface area contributed by atoms with Crippen LogP contribution in [0, 0.1) is 6.92 Å². The van der Waals surface area contributed by atoms with Crippen LogP contribution >= 0.6 is 12.2 Å². The number of phenols is 1. The number of hydrogen-bond acceptors (Lipinski definition) is 3. The Morgan fingerprint density at radius 1 is 1.08 bits per heavy atom. The van der Waals surface area contributed by atoms with Gasteiger partial charge in [-0.1, -0.05) is 39.0 Å². The van der Waals surface area contributed by atoms with Gasteiger partial charge < -0.3 is 10.4 Å².